The van der Waals surface area contributed by atoms with E-state index in [0.717, 1.165) is 19.1 Å². The van der Waals surface area contributed by atoms with Gasteiger partial charge in [0.1, 0.15) is 12.1 Å². The number of carbonyl (C=O) groups excluding carboxylic acids is 1. The highest BCUT2D eigenvalue weighted by molar-refractivity contribution is 5.95. The molecule has 0 spiro atoms. The fourth-order valence-electron chi connectivity index (χ4n) is 2.28. The zero-order valence-electron chi connectivity index (χ0n) is 12.1. The van der Waals surface area contributed by atoms with Gasteiger partial charge in [0.05, 0.1) is 11.4 Å². The summed E-state index contributed by atoms with van der Waals surface area (Å²) in [7, 11) is 0. The largest absolute Gasteiger partial charge is 0.481 e. The molecule has 1 aliphatic heterocycles. The van der Waals surface area contributed by atoms with Gasteiger partial charge < -0.3 is 10.1 Å². The molecule has 2 aromatic rings. The summed E-state index contributed by atoms with van der Waals surface area (Å²) >= 11 is 0. The third-order valence-corrected chi connectivity index (χ3v) is 3.41. The van der Waals surface area contributed by atoms with Gasteiger partial charge in [-0.05, 0) is 13.0 Å². The molecule has 10 heteroatoms. The lowest BCUT2D eigenvalue weighted by Crippen LogP contribution is -2.28. The molecular weight excluding hydrogens is 334 g/mol. The van der Waals surface area contributed by atoms with E-state index < -0.39 is 34.7 Å². The second-order valence-corrected chi connectivity index (χ2v) is 5.03. The smallest absolute Gasteiger partial charge is 0.433 e. The Kier molecular flexibility index (Phi) is 3.54. The number of alkyl halides is 3. The van der Waals surface area contributed by atoms with Crippen molar-refractivity contribution in [3.05, 3.63) is 45.9 Å². The summed E-state index contributed by atoms with van der Waals surface area (Å²) in [5.74, 6) is -1.33. The first kappa shape index (κ1) is 16.0. The maximum absolute atomic E-state index is 14.2. The third-order valence-electron chi connectivity index (χ3n) is 3.41. The minimum Gasteiger partial charge on any atom is -0.481 e. The highest BCUT2D eigenvalue weighted by atomic mass is 19.4. The number of hydrogen-bond acceptors (Lipinski definition) is 4. The van der Waals surface area contributed by atoms with Crippen molar-refractivity contribution in [1.29, 1.82) is 0 Å². The molecule has 0 radical (unpaired) electrons. The van der Waals surface area contributed by atoms with Crippen molar-refractivity contribution in [1.82, 2.24) is 9.55 Å². The van der Waals surface area contributed by atoms with Gasteiger partial charge >= 0.3 is 6.18 Å². The van der Waals surface area contributed by atoms with E-state index in [4.69, 9.17) is 4.74 Å². The topological polar surface area (TPSA) is 73.2 Å². The summed E-state index contributed by atoms with van der Waals surface area (Å²) in [6, 6.07) is 2.03. The average molecular weight is 343 g/mol. The number of benzene rings is 1. The number of anilines is 1. The fraction of sp³-hybridized carbons (Fsp3) is 0.214. The second-order valence-electron chi connectivity index (χ2n) is 5.03. The molecule has 1 aromatic heterocycles. The molecule has 0 fully saturated rings. The number of halogens is 4. The SMILES string of the molecule is Cc1c(C(F)(F)F)ncn(-c2cc3c(cc2F)OCC(=O)N3)c1=O. The van der Waals surface area contributed by atoms with E-state index in [0.29, 0.717) is 10.9 Å². The summed E-state index contributed by atoms with van der Waals surface area (Å²) in [5.41, 5.74) is -3.32. The normalized spacial score (nSPS) is 14.0. The number of rotatable bonds is 1. The van der Waals surface area contributed by atoms with Gasteiger partial charge in [0.2, 0.25) is 0 Å². The third kappa shape index (κ3) is 2.59. The van der Waals surface area contributed by atoms with Crippen molar-refractivity contribution in [2.45, 2.75) is 13.1 Å². The van der Waals surface area contributed by atoms with Gasteiger partial charge in [0.25, 0.3) is 11.5 Å². The minimum absolute atomic E-state index is 0.0560. The molecule has 1 amide bonds. The Morgan fingerprint density at radius 1 is 1.29 bits per heavy atom. The molecule has 24 heavy (non-hydrogen) atoms. The first-order chi connectivity index (χ1) is 11.2. The van der Waals surface area contributed by atoms with Crippen LogP contribution < -0.4 is 15.6 Å². The molecule has 0 unspecified atom stereocenters. The summed E-state index contributed by atoms with van der Waals surface area (Å²) in [5, 5.41) is 2.42. The van der Waals surface area contributed by atoms with Gasteiger partial charge in [-0.3, -0.25) is 14.2 Å². The van der Waals surface area contributed by atoms with Crippen LogP contribution >= 0.6 is 0 Å². The van der Waals surface area contributed by atoms with Gasteiger partial charge in [-0.25, -0.2) is 9.37 Å². The van der Waals surface area contributed by atoms with E-state index in [1.54, 1.807) is 0 Å². The molecule has 1 aromatic carbocycles. The molecule has 1 N–H and O–H groups in total. The van der Waals surface area contributed by atoms with Crippen LogP contribution in [-0.4, -0.2) is 22.1 Å². The summed E-state index contributed by atoms with van der Waals surface area (Å²) in [4.78, 5) is 26.7. The number of amides is 1. The van der Waals surface area contributed by atoms with Crippen molar-refractivity contribution >= 4 is 11.6 Å². The molecule has 3 rings (SSSR count). The molecule has 6 nitrogen and oxygen atoms in total. The van der Waals surface area contributed by atoms with E-state index in [1.807, 2.05) is 0 Å². The van der Waals surface area contributed by atoms with Crippen LogP contribution in [0.5, 0.6) is 5.75 Å². The van der Waals surface area contributed by atoms with Gasteiger partial charge in [-0.2, -0.15) is 13.2 Å². The molecule has 2 heterocycles. The minimum atomic E-state index is -4.79. The number of nitrogens with zero attached hydrogens (tertiary/aromatic N) is 2. The van der Waals surface area contributed by atoms with Gasteiger partial charge in [0, 0.05) is 11.6 Å². The Morgan fingerprint density at radius 3 is 2.67 bits per heavy atom. The Morgan fingerprint density at radius 2 is 2.00 bits per heavy atom. The number of aromatic nitrogens is 2. The first-order valence-electron chi connectivity index (χ1n) is 6.60. The summed E-state index contributed by atoms with van der Waals surface area (Å²) in [6.07, 6.45) is -4.20. The summed E-state index contributed by atoms with van der Waals surface area (Å²) in [6.45, 7) is 0.669. The highest BCUT2D eigenvalue weighted by Gasteiger charge is 2.36. The van der Waals surface area contributed by atoms with E-state index >= 15 is 0 Å². The van der Waals surface area contributed by atoms with Crippen molar-refractivity contribution in [2.75, 3.05) is 11.9 Å². The molecule has 0 saturated carbocycles. The van der Waals surface area contributed by atoms with E-state index in [9.17, 15) is 27.2 Å². The summed E-state index contributed by atoms with van der Waals surface area (Å²) < 4.78 is 58.1. The lowest BCUT2D eigenvalue weighted by atomic mass is 10.2. The molecule has 1 aliphatic rings. The molecule has 0 saturated heterocycles. The average Bonchev–Trinajstić information content (AvgIpc) is 2.49. The number of nitrogens with one attached hydrogen (secondary N) is 1. The van der Waals surface area contributed by atoms with Crippen LogP contribution in [0.4, 0.5) is 23.2 Å². The van der Waals surface area contributed by atoms with Crippen LogP contribution in [0.15, 0.2) is 23.3 Å². The molecule has 0 aliphatic carbocycles. The quantitative estimate of drug-likeness (QED) is 0.804. The predicted octanol–water partition coefficient (Wildman–Crippen LogP) is 2.03. The molecule has 126 valence electrons. The van der Waals surface area contributed by atoms with Crippen LogP contribution in [0.25, 0.3) is 5.69 Å². The van der Waals surface area contributed by atoms with Gasteiger partial charge in [0.15, 0.2) is 18.1 Å². The number of carbonyl (C=O) groups is 1. The molecule has 0 atom stereocenters. The van der Waals surface area contributed by atoms with Crippen molar-refractivity contribution in [2.24, 2.45) is 0 Å². The fourth-order valence-corrected chi connectivity index (χ4v) is 2.28. The highest BCUT2D eigenvalue weighted by Crippen LogP contribution is 2.32. The Bertz CT molecular complexity index is 905. The zero-order valence-corrected chi connectivity index (χ0v) is 12.1. The predicted molar refractivity (Wildman–Crippen MR) is 73.7 cm³/mol. The molecule has 0 bridgehead atoms. The van der Waals surface area contributed by atoms with E-state index in [-0.39, 0.29) is 23.7 Å². The van der Waals surface area contributed by atoms with Crippen LogP contribution in [0.3, 0.4) is 0 Å². The van der Waals surface area contributed by atoms with Crippen molar-refractivity contribution in [3.63, 3.8) is 0 Å². The van der Waals surface area contributed by atoms with Crippen molar-refractivity contribution in [3.8, 4) is 11.4 Å². The van der Waals surface area contributed by atoms with Crippen molar-refractivity contribution < 1.29 is 27.1 Å². The zero-order chi connectivity index (χ0) is 17.6. The Hall–Kier alpha value is -2.91. The van der Waals surface area contributed by atoms with E-state index in [2.05, 4.69) is 10.3 Å². The number of hydrogen-bond donors (Lipinski definition) is 1. The maximum Gasteiger partial charge on any atom is 0.433 e. The monoisotopic (exact) mass is 343 g/mol. The lowest BCUT2D eigenvalue weighted by molar-refractivity contribution is -0.141. The van der Waals surface area contributed by atoms with Gasteiger partial charge in [-0.15, -0.1) is 0 Å². The van der Waals surface area contributed by atoms with Crippen LogP contribution in [0, 0.1) is 12.7 Å². The first-order valence-corrected chi connectivity index (χ1v) is 6.60. The van der Waals surface area contributed by atoms with Crippen LogP contribution in [0.2, 0.25) is 0 Å². The molecular formula is C14H9F4N3O3. The number of ether oxygens (including phenoxy) is 1. The standard InChI is InChI=1S/C14H9F4N3O3/c1-6-12(14(16,17)18)19-5-21(13(6)23)9-3-8-10(2-7(9)15)24-4-11(22)20-8/h2-3,5H,4H2,1H3,(H,20,22). The number of fused-ring (bicyclic) bond motifs is 1. The second kappa shape index (κ2) is 5.32. The van der Waals surface area contributed by atoms with Gasteiger partial charge in [-0.1, -0.05) is 0 Å². The van der Waals surface area contributed by atoms with E-state index in [1.165, 1.54) is 0 Å². The van der Waals surface area contributed by atoms with Crippen LogP contribution in [-0.2, 0) is 11.0 Å². The Balaban J connectivity index is 2.17. The van der Waals surface area contributed by atoms with Crippen LogP contribution in [0.1, 0.15) is 11.3 Å². The Labute approximate surface area is 131 Å². The lowest BCUT2D eigenvalue weighted by Gasteiger charge is -2.19. The maximum atomic E-state index is 14.2.